The van der Waals surface area contributed by atoms with E-state index in [9.17, 15) is 23.1 Å². The maximum atomic E-state index is 12.3. The van der Waals surface area contributed by atoms with E-state index in [4.69, 9.17) is 4.74 Å². The normalized spacial score (nSPS) is 23.1. The molecular formula is C13H23F3N2O3. The van der Waals surface area contributed by atoms with Crippen LogP contribution in [0, 0.1) is 11.8 Å². The number of ether oxygens (including phenoxy) is 1. The van der Waals surface area contributed by atoms with E-state index in [0.717, 1.165) is 0 Å². The predicted molar refractivity (Wildman–Crippen MR) is 70.7 cm³/mol. The van der Waals surface area contributed by atoms with Gasteiger partial charge in [0.15, 0.2) is 0 Å². The molecule has 124 valence electrons. The molecule has 0 bridgehead atoms. The summed E-state index contributed by atoms with van der Waals surface area (Å²) < 4.78 is 41.8. The predicted octanol–water partition coefficient (Wildman–Crippen LogP) is 0.584. The molecule has 1 saturated heterocycles. The largest absolute Gasteiger partial charge is 0.397 e. The third-order valence-electron chi connectivity index (χ3n) is 3.74. The Balaban J connectivity index is 2.53. The number of rotatable bonds is 7. The van der Waals surface area contributed by atoms with Crippen LogP contribution >= 0.6 is 0 Å². The van der Waals surface area contributed by atoms with E-state index in [-0.39, 0.29) is 31.5 Å². The van der Waals surface area contributed by atoms with Crippen LogP contribution in [-0.4, -0.2) is 80.5 Å². The molecule has 21 heavy (non-hydrogen) atoms. The van der Waals surface area contributed by atoms with Crippen LogP contribution in [0.3, 0.4) is 0 Å². The molecular weight excluding hydrogens is 289 g/mol. The van der Waals surface area contributed by atoms with Gasteiger partial charge >= 0.3 is 6.18 Å². The molecule has 8 heteroatoms. The quantitative estimate of drug-likeness (QED) is 0.747. The van der Waals surface area contributed by atoms with Crippen molar-refractivity contribution in [3.8, 4) is 0 Å². The van der Waals surface area contributed by atoms with Crippen LogP contribution in [0.5, 0.6) is 0 Å². The van der Waals surface area contributed by atoms with Gasteiger partial charge in [-0.25, -0.2) is 0 Å². The number of aliphatic hydroxyl groups is 1. The van der Waals surface area contributed by atoms with Crippen LogP contribution in [0.25, 0.3) is 0 Å². The maximum absolute atomic E-state index is 12.3. The Morgan fingerprint density at radius 2 is 2.00 bits per heavy atom. The average Bonchev–Trinajstić information content (AvgIpc) is 2.77. The van der Waals surface area contributed by atoms with Gasteiger partial charge in [0.2, 0.25) is 5.91 Å². The fourth-order valence-corrected chi connectivity index (χ4v) is 2.58. The number of carbonyl (C=O) groups is 1. The van der Waals surface area contributed by atoms with Gasteiger partial charge in [-0.2, -0.15) is 13.2 Å². The highest BCUT2D eigenvalue weighted by atomic mass is 19.4. The van der Waals surface area contributed by atoms with Gasteiger partial charge < -0.3 is 19.6 Å². The van der Waals surface area contributed by atoms with E-state index in [1.807, 2.05) is 11.9 Å². The summed E-state index contributed by atoms with van der Waals surface area (Å²) in [4.78, 5) is 14.8. The van der Waals surface area contributed by atoms with E-state index in [2.05, 4.69) is 0 Å². The number of aliphatic hydroxyl groups excluding tert-OH is 1. The fraction of sp³-hybridized carbons (Fsp3) is 0.923. The number of likely N-dealkylation sites (tertiary alicyclic amines) is 1. The van der Waals surface area contributed by atoms with Crippen molar-refractivity contribution in [1.29, 1.82) is 0 Å². The summed E-state index contributed by atoms with van der Waals surface area (Å²) in [5, 5.41) is 9.35. The van der Waals surface area contributed by atoms with Gasteiger partial charge in [-0.05, 0) is 13.0 Å². The summed E-state index contributed by atoms with van der Waals surface area (Å²) in [6.45, 7) is 2.19. The average molecular weight is 312 g/mol. The first-order valence-electron chi connectivity index (χ1n) is 6.89. The standard InChI is InChI=1S/C13H23F3N2O3/c1-17(3-4-21-2)6-10-7-18(8-11(10)9-19)12(20)5-13(14,15)16/h10-11,19H,3-9H2,1-2H3/t10-,11-/m1/s1. The molecule has 1 rings (SSSR count). The molecule has 0 aromatic rings. The highest BCUT2D eigenvalue weighted by Gasteiger charge is 2.39. The number of likely N-dealkylation sites (N-methyl/N-ethyl adjacent to an activating group) is 1. The number of alkyl halides is 3. The zero-order chi connectivity index (χ0) is 16.0. The lowest BCUT2D eigenvalue weighted by molar-refractivity contribution is -0.160. The Kier molecular flexibility index (Phi) is 6.89. The first kappa shape index (κ1) is 18.2. The SMILES string of the molecule is COCCN(C)C[C@@H]1CN(C(=O)CC(F)(F)F)C[C@@H]1CO. The highest BCUT2D eigenvalue weighted by molar-refractivity contribution is 5.77. The van der Waals surface area contributed by atoms with Gasteiger partial charge in [0.1, 0.15) is 6.42 Å². The Labute approximate surface area is 122 Å². The number of carbonyl (C=O) groups excluding carboxylic acids is 1. The summed E-state index contributed by atoms with van der Waals surface area (Å²) in [6.07, 6.45) is -5.92. The number of methoxy groups -OCH3 is 1. The molecule has 0 saturated carbocycles. The second kappa shape index (κ2) is 7.95. The van der Waals surface area contributed by atoms with E-state index < -0.39 is 18.5 Å². The number of halogens is 3. The number of hydrogen-bond acceptors (Lipinski definition) is 4. The second-order valence-corrected chi connectivity index (χ2v) is 5.55. The molecule has 1 heterocycles. The van der Waals surface area contributed by atoms with E-state index in [0.29, 0.717) is 19.7 Å². The lowest BCUT2D eigenvalue weighted by Crippen LogP contribution is -2.34. The molecule has 0 unspecified atom stereocenters. The van der Waals surface area contributed by atoms with Gasteiger partial charge in [0.25, 0.3) is 0 Å². The molecule has 5 nitrogen and oxygen atoms in total. The minimum atomic E-state index is -4.49. The smallest absolute Gasteiger partial charge is 0.396 e. The zero-order valence-electron chi connectivity index (χ0n) is 12.4. The van der Waals surface area contributed by atoms with E-state index in [1.165, 1.54) is 4.90 Å². The third-order valence-corrected chi connectivity index (χ3v) is 3.74. The third kappa shape index (κ3) is 6.19. The molecule has 1 fully saturated rings. The molecule has 1 aliphatic heterocycles. The monoisotopic (exact) mass is 312 g/mol. The van der Waals surface area contributed by atoms with Gasteiger partial charge in [-0.1, -0.05) is 0 Å². The molecule has 0 radical (unpaired) electrons. The molecule has 1 aliphatic rings. The number of nitrogens with zero attached hydrogens (tertiary/aromatic N) is 2. The molecule has 1 amide bonds. The summed E-state index contributed by atoms with van der Waals surface area (Å²) in [7, 11) is 3.48. The van der Waals surface area contributed by atoms with Gasteiger partial charge in [0, 0.05) is 45.8 Å². The van der Waals surface area contributed by atoms with Crippen LogP contribution in [0.2, 0.25) is 0 Å². The minimum Gasteiger partial charge on any atom is -0.396 e. The lowest BCUT2D eigenvalue weighted by Gasteiger charge is -2.23. The Bertz CT molecular complexity index is 339. The molecule has 2 atom stereocenters. The first-order chi connectivity index (χ1) is 9.76. The topological polar surface area (TPSA) is 53.0 Å². The van der Waals surface area contributed by atoms with Crippen molar-refractivity contribution < 1.29 is 27.8 Å². The molecule has 0 aromatic heterocycles. The maximum Gasteiger partial charge on any atom is 0.397 e. The lowest BCUT2D eigenvalue weighted by atomic mass is 9.96. The van der Waals surface area contributed by atoms with Crippen molar-refractivity contribution in [2.45, 2.75) is 12.6 Å². The highest BCUT2D eigenvalue weighted by Crippen LogP contribution is 2.27. The number of amides is 1. The Hall–Kier alpha value is -0.860. The van der Waals surface area contributed by atoms with Crippen molar-refractivity contribution in [3.63, 3.8) is 0 Å². The van der Waals surface area contributed by atoms with Crippen LogP contribution in [0.4, 0.5) is 13.2 Å². The van der Waals surface area contributed by atoms with Gasteiger partial charge in [-0.3, -0.25) is 4.79 Å². The van der Waals surface area contributed by atoms with Crippen molar-refractivity contribution in [2.75, 3.05) is 53.6 Å². The van der Waals surface area contributed by atoms with Gasteiger partial charge in [-0.15, -0.1) is 0 Å². The fourth-order valence-electron chi connectivity index (χ4n) is 2.58. The molecule has 0 aromatic carbocycles. The van der Waals surface area contributed by atoms with E-state index in [1.54, 1.807) is 7.11 Å². The first-order valence-corrected chi connectivity index (χ1v) is 6.89. The van der Waals surface area contributed by atoms with Crippen LogP contribution in [-0.2, 0) is 9.53 Å². The van der Waals surface area contributed by atoms with Crippen LogP contribution in [0.1, 0.15) is 6.42 Å². The Morgan fingerprint density at radius 1 is 1.38 bits per heavy atom. The van der Waals surface area contributed by atoms with E-state index >= 15 is 0 Å². The summed E-state index contributed by atoms with van der Waals surface area (Å²) >= 11 is 0. The van der Waals surface area contributed by atoms with Crippen molar-refractivity contribution in [1.82, 2.24) is 9.80 Å². The zero-order valence-corrected chi connectivity index (χ0v) is 12.4. The van der Waals surface area contributed by atoms with Crippen molar-refractivity contribution in [2.24, 2.45) is 11.8 Å². The summed E-state index contributed by atoms with van der Waals surface area (Å²) in [6, 6.07) is 0. The Morgan fingerprint density at radius 3 is 2.52 bits per heavy atom. The van der Waals surface area contributed by atoms with Crippen LogP contribution in [0.15, 0.2) is 0 Å². The van der Waals surface area contributed by atoms with Gasteiger partial charge in [0.05, 0.1) is 6.61 Å². The minimum absolute atomic E-state index is 0.0194. The van der Waals surface area contributed by atoms with Crippen LogP contribution < -0.4 is 0 Å². The van der Waals surface area contributed by atoms with Crippen molar-refractivity contribution >= 4 is 5.91 Å². The van der Waals surface area contributed by atoms with Crippen molar-refractivity contribution in [3.05, 3.63) is 0 Å². The second-order valence-electron chi connectivity index (χ2n) is 5.55. The molecule has 0 aliphatic carbocycles. The molecule has 0 spiro atoms. The number of hydrogen-bond donors (Lipinski definition) is 1. The summed E-state index contributed by atoms with van der Waals surface area (Å²) in [5.41, 5.74) is 0. The summed E-state index contributed by atoms with van der Waals surface area (Å²) in [5.74, 6) is -1.11. The molecule has 1 N–H and O–H groups in total.